The zero-order chi connectivity index (χ0) is 27.9. The number of benzene rings is 3. The average molecular weight is 547 g/mol. The van der Waals surface area contributed by atoms with Crippen LogP contribution in [0.25, 0.3) is 11.1 Å². The molecule has 2 fully saturated rings. The molecular formula is C36H44F2O2. The van der Waals surface area contributed by atoms with Crippen molar-refractivity contribution in [3.63, 3.8) is 0 Å². The van der Waals surface area contributed by atoms with E-state index in [2.05, 4.69) is 55.5 Å². The van der Waals surface area contributed by atoms with E-state index in [0.29, 0.717) is 31.0 Å². The van der Waals surface area contributed by atoms with Crippen molar-refractivity contribution in [3.05, 3.63) is 83.4 Å². The van der Waals surface area contributed by atoms with Gasteiger partial charge in [-0.05, 0) is 109 Å². The number of aryl methyl sites for hydroxylation is 1. The molecule has 40 heavy (non-hydrogen) atoms. The van der Waals surface area contributed by atoms with E-state index in [1.807, 2.05) is 6.92 Å². The Balaban J connectivity index is 1.11. The molecule has 2 nitrogen and oxygen atoms in total. The van der Waals surface area contributed by atoms with Gasteiger partial charge in [0.2, 0.25) is 11.6 Å². The van der Waals surface area contributed by atoms with Crippen LogP contribution in [0.2, 0.25) is 0 Å². The summed E-state index contributed by atoms with van der Waals surface area (Å²) >= 11 is 0. The lowest BCUT2D eigenvalue weighted by atomic mass is 9.64. The Morgan fingerprint density at radius 1 is 0.675 bits per heavy atom. The maximum Gasteiger partial charge on any atom is 0.204 e. The van der Waals surface area contributed by atoms with Crippen LogP contribution in [0, 0.1) is 29.4 Å². The van der Waals surface area contributed by atoms with Gasteiger partial charge in [-0.3, -0.25) is 0 Å². The van der Waals surface area contributed by atoms with Crippen molar-refractivity contribution in [2.24, 2.45) is 17.8 Å². The first kappa shape index (κ1) is 28.6. The number of hydrogen-bond acceptors (Lipinski definition) is 2. The topological polar surface area (TPSA) is 18.5 Å². The predicted molar refractivity (Wildman–Crippen MR) is 159 cm³/mol. The quantitative estimate of drug-likeness (QED) is 0.223. The zero-order valence-corrected chi connectivity index (χ0v) is 24.1. The van der Waals surface area contributed by atoms with E-state index in [1.165, 1.54) is 66.5 Å². The molecule has 2 aliphatic rings. The first-order valence-corrected chi connectivity index (χ1v) is 15.5. The highest BCUT2D eigenvalue weighted by molar-refractivity contribution is 5.64. The first-order chi connectivity index (χ1) is 19.6. The number of rotatable bonds is 11. The minimum Gasteiger partial charge on any atom is -0.490 e. The summed E-state index contributed by atoms with van der Waals surface area (Å²) in [6, 6.07) is 21.2. The van der Waals surface area contributed by atoms with Crippen LogP contribution in [0.4, 0.5) is 8.78 Å². The average Bonchev–Trinajstić information content (AvgIpc) is 2.99. The van der Waals surface area contributed by atoms with Crippen molar-refractivity contribution >= 4 is 0 Å². The van der Waals surface area contributed by atoms with Crippen LogP contribution in [-0.2, 0) is 6.42 Å². The van der Waals surface area contributed by atoms with Gasteiger partial charge in [-0.1, -0.05) is 75.2 Å². The van der Waals surface area contributed by atoms with E-state index in [0.717, 1.165) is 38.0 Å². The van der Waals surface area contributed by atoms with Crippen LogP contribution in [0.3, 0.4) is 0 Å². The number of unbranched alkanes of at least 4 members (excludes halogenated alkanes) is 1. The van der Waals surface area contributed by atoms with Gasteiger partial charge >= 0.3 is 0 Å². The van der Waals surface area contributed by atoms with Crippen molar-refractivity contribution in [1.82, 2.24) is 0 Å². The largest absolute Gasteiger partial charge is 0.490 e. The third kappa shape index (κ3) is 6.87. The molecular weight excluding hydrogens is 502 g/mol. The molecule has 0 aliphatic heterocycles. The molecule has 3 aromatic rings. The molecule has 0 saturated heterocycles. The van der Waals surface area contributed by atoms with Crippen LogP contribution in [0.1, 0.15) is 88.7 Å². The number of halogens is 2. The Kier molecular flexibility index (Phi) is 9.78. The SMILES string of the molecule is CCCCOc1ccc(OCC2CCC3CC(c4ccc(-c5ccc(CCC)cc5)cc4)CCC3C2)c(F)c1F. The molecule has 0 amide bonds. The Morgan fingerprint density at radius 3 is 1.98 bits per heavy atom. The summed E-state index contributed by atoms with van der Waals surface area (Å²) in [5.41, 5.74) is 5.45. The maximum absolute atomic E-state index is 14.6. The third-order valence-corrected chi connectivity index (χ3v) is 9.17. The molecule has 2 aliphatic carbocycles. The zero-order valence-electron chi connectivity index (χ0n) is 24.1. The summed E-state index contributed by atoms with van der Waals surface area (Å²) in [6.45, 7) is 5.08. The molecule has 3 aromatic carbocycles. The smallest absolute Gasteiger partial charge is 0.204 e. The molecule has 4 unspecified atom stereocenters. The van der Waals surface area contributed by atoms with Gasteiger partial charge in [0.1, 0.15) is 0 Å². The van der Waals surface area contributed by atoms with Crippen LogP contribution < -0.4 is 9.47 Å². The van der Waals surface area contributed by atoms with Gasteiger partial charge in [0, 0.05) is 0 Å². The Morgan fingerprint density at radius 2 is 1.30 bits per heavy atom. The molecule has 5 rings (SSSR count). The molecule has 0 bridgehead atoms. The number of ether oxygens (including phenoxy) is 2. The molecule has 4 atom stereocenters. The van der Waals surface area contributed by atoms with Gasteiger partial charge < -0.3 is 9.47 Å². The molecule has 0 radical (unpaired) electrons. The second-order valence-corrected chi connectivity index (χ2v) is 12.0. The van der Waals surface area contributed by atoms with Crippen LogP contribution in [-0.4, -0.2) is 13.2 Å². The number of hydrogen-bond donors (Lipinski definition) is 0. The van der Waals surface area contributed by atoms with E-state index in [9.17, 15) is 8.78 Å². The van der Waals surface area contributed by atoms with Gasteiger partial charge in [0.05, 0.1) is 13.2 Å². The molecule has 0 heterocycles. The van der Waals surface area contributed by atoms with E-state index >= 15 is 0 Å². The summed E-state index contributed by atoms with van der Waals surface area (Å²) in [5, 5.41) is 0. The van der Waals surface area contributed by atoms with Gasteiger partial charge in [0.15, 0.2) is 11.5 Å². The minimum absolute atomic E-state index is 0.00785. The van der Waals surface area contributed by atoms with Crippen molar-refractivity contribution in [1.29, 1.82) is 0 Å². The van der Waals surface area contributed by atoms with Gasteiger partial charge in [-0.2, -0.15) is 8.78 Å². The summed E-state index contributed by atoms with van der Waals surface area (Å²) in [7, 11) is 0. The lowest BCUT2D eigenvalue weighted by Gasteiger charge is -2.42. The van der Waals surface area contributed by atoms with E-state index in [-0.39, 0.29) is 11.5 Å². The van der Waals surface area contributed by atoms with Crippen LogP contribution in [0.15, 0.2) is 60.7 Å². The van der Waals surface area contributed by atoms with Gasteiger partial charge in [0.25, 0.3) is 0 Å². The standard InChI is InChI=1S/C36H44F2O2/c1-3-5-21-39-33-19-20-34(36(38)35(33)37)40-24-26-9-12-32-23-31(18-17-30(32)22-26)29-15-13-28(14-16-29)27-10-7-25(6-4-2)8-11-27/h7-8,10-11,13-16,19-20,26,30-32H,3-6,9,12,17-18,21-24H2,1-2H3. The second kappa shape index (κ2) is 13.7. The lowest BCUT2D eigenvalue weighted by Crippen LogP contribution is -2.32. The number of fused-ring (bicyclic) bond motifs is 1. The van der Waals surface area contributed by atoms with E-state index in [4.69, 9.17) is 9.47 Å². The molecule has 214 valence electrons. The van der Waals surface area contributed by atoms with Crippen LogP contribution in [0.5, 0.6) is 11.5 Å². The van der Waals surface area contributed by atoms with Crippen molar-refractivity contribution in [3.8, 4) is 22.6 Å². The molecule has 0 N–H and O–H groups in total. The fourth-order valence-corrected chi connectivity index (χ4v) is 6.81. The lowest BCUT2D eigenvalue weighted by molar-refractivity contribution is 0.0901. The highest BCUT2D eigenvalue weighted by Crippen LogP contribution is 2.48. The first-order valence-electron chi connectivity index (χ1n) is 15.5. The molecule has 0 spiro atoms. The van der Waals surface area contributed by atoms with E-state index < -0.39 is 11.6 Å². The summed E-state index contributed by atoms with van der Waals surface area (Å²) < 4.78 is 40.2. The second-order valence-electron chi connectivity index (χ2n) is 12.0. The Bertz CT molecular complexity index is 1220. The summed E-state index contributed by atoms with van der Waals surface area (Å²) in [5.74, 6) is 0.535. The predicted octanol–water partition coefficient (Wildman–Crippen LogP) is 10.1. The summed E-state index contributed by atoms with van der Waals surface area (Å²) in [6.07, 6.45) is 11.2. The van der Waals surface area contributed by atoms with Gasteiger partial charge in [-0.25, -0.2) is 0 Å². The minimum atomic E-state index is -0.950. The Hall–Kier alpha value is -2.88. The maximum atomic E-state index is 14.6. The molecule has 0 aromatic heterocycles. The summed E-state index contributed by atoms with van der Waals surface area (Å²) in [4.78, 5) is 0. The van der Waals surface area contributed by atoms with Gasteiger partial charge in [-0.15, -0.1) is 0 Å². The van der Waals surface area contributed by atoms with Crippen molar-refractivity contribution in [2.45, 2.75) is 84.0 Å². The normalized spacial score (nSPS) is 22.5. The highest BCUT2D eigenvalue weighted by Gasteiger charge is 2.36. The third-order valence-electron chi connectivity index (χ3n) is 9.17. The van der Waals surface area contributed by atoms with E-state index in [1.54, 1.807) is 0 Å². The fourth-order valence-electron chi connectivity index (χ4n) is 6.81. The fraction of sp³-hybridized carbons (Fsp3) is 0.500. The van der Waals surface area contributed by atoms with Crippen molar-refractivity contribution < 1.29 is 18.3 Å². The van der Waals surface area contributed by atoms with Crippen LogP contribution >= 0.6 is 0 Å². The Labute approximate surface area is 239 Å². The monoisotopic (exact) mass is 546 g/mol. The molecule has 4 heteroatoms. The highest BCUT2D eigenvalue weighted by atomic mass is 19.2. The van der Waals surface area contributed by atoms with Crippen molar-refractivity contribution in [2.75, 3.05) is 13.2 Å². The molecule has 2 saturated carbocycles.